The second-order valence-electron chi connectivity index (χ2n) is 5.44. The minimum atomic E-state index is -5.00. The molecule has 0 aliphatic carbocycles. The van der Waals surface area contributed by atoms with E-state index in [1.54, 1.807) is 0 Å². The molecule has 0 atom stereocenters. The number of anilines is 1. The van der Waals surface area contributed by atoms with Crippen molar-refractivity contribution in [3.63, 3.8) is 0 Å². The summed E-state index contributed by atoms with van der Waals surface area (Å²) >= 11 is 0.792. The predicted octanol–water partition coefficient (Wildman–Crippen LogP) is 5.64. The summed E-state index contributed by atoms with van der Waals surface area (Å²) in [5.41, 5.74) is -1.78. The highest BCUT2D eigenvalue weighted by Crippen LogP contribution is 2.36. The molecular formula is C17H11F6N3OS. The van der Waals surface area contributed by atoms with Gasteiger partial charge >= 0.3 is 6.18 Å². The molecule has 0 bridgehead atoms. The van der Waals surface area contributed by atoms with Gasteiger partial charge in [-0.3, -0.25) is 0 Å². The Labute approximate surface area is 159 Å². The van der Waals surface area contributed by atoms with Crippen LogP contribution in [-0.4, -0.2) is 17.1 Å². The Balaban J connectivity index is 1.80. The van der Waals surface area contributed by atoms with Gasteiger partial charge in [0.1, 0.15) is 17.5 Å². The van der Waals surface area contributed by atoms with Crippen molar-refractivity contribution >= 4 is 17.6 Å². The lowest BCUT2D eigenvalue weighted by Crippen LogP contribution is -2.09. The summed E-state index contributed by atoms with van der Waals surface area (Å²) in [6.07, 6.45) is -2.32. The monoisotopic (exact) mass is 419 g/mol. The van der Waals surface area contributed by atoms with Crippen molar-refractivity contribution in [2.45, 2.75) is 11.1 Å². The minimum Gasteiger partial charge on any atom is -0.480 e. The Bertz CT molecular complexity index is 1010. The first-order valence-corrected chi connectivity index (χ1v) is 8.38. The van der Waals surface area contributed by atoms with Gasteiger partial charge in [-0.2, -0.15) is 13.2 Å². The van der Waals surface area contributed by atoms with Gasteiger partial charge in [0.15, 0.2) is 0 Å². The lowest BCUT2D eigenvalue weighted by atomic mass is 10.2. The molecule has 2 N–H and O–H groups in total. The third kappa shape index (κ3) is 4.03. The Hall–Kier alpha value is -2.82. The maximum Gasteiger partial charge on any atom is 0.419 e. The van der Waals surface area contributed by atoms with E-state index in [-0.39, 0.29) is 17.5 Å². The number of nitrogens with zero attached hydrogens (tertiary/aromatic N) is 1. The number of hydrogen-bond acceptors (Lipinski definition) is 4. The molecule has 3 rings (SSSR count). The molecule has 0 spiro atoms. The number of methoxy groups -OCH3 is 1. The summed E-state index contributed by atoms with van der Waals surface area (Å²) in [5, 5.41) is 0. The summed E-state index contributed by atoms with van der Waals surface area (Å²) in [6, 6.07) is 3.13. The number of hydrogen-bond donors (Lipinski definition) is 2. The Morgan fingerprint density at radius 1 is 1.07 bits per heavy atom. The van der Waals surface area contributed by atoms with Crippen LogP contribution in [0.15, 0.2) is 41.6 Å². The second kappa shape index (κ2) is 7.66. The molecule has 1 aromatic carbocycles. The van der Waals surface area contributed by atoms with Gasteiger partial charge in [-0.1, -0.05) is 0 Å². The SMILES string of the molecule is COc1nccc(F)c1-c1cc(SNc2cc(F)c(C(F)(F)F)cc2F)c[nH]1. The molecule has 3 aromatic rings. The number of pyridine rings is 1. The summed E-state index contributed by atoms with van der Waals surface area (Å²) in [4.78, 5) is 7.12. The van der Waals surface area contributed by atoms with E-state index in [9.17, 15) is 26.3 Å². The molecule has 2 heterocycles. The predicted molar refractivity (Wildman–Crippen MR) is 91.4 cm³/mol. The van der Waals surface area contributed by atoms with E-state index in [0.29, 0.717) is 16.7 Å². The van der Waals surface area contributed by atoms with Crippen molar-refractivity contribution in [1.82, 2.24) is 9.97 Å². The Kier molecular flexibility index (Phi) is 5.45. The minimum absolute atomic E-state index is 0.0437. The molecule has 0 aliphatic rings. The lowest BCUT2D eigenvalue weighted by molar-refractivity contribution is -0.140. The molecule has 0 fully saturated rings. The highest BCUT2D eigenvalue weighted by molar-refractivity contribution is 8.00. The molecular weight excluding hydrogens is 408 g/mol. The van der Waals surface area contributed by atoms with Crippen LogP contribution in [0.4, 0.5) is 32.0 Å². The normalized spacial score (nSPS) is 11.5. The van der Waals surface area contributed by atoms with Gasteiger partial charge in [-0.05, 0) is 30.1 Å². The number of nitrogens with one attached hydrogen (secondary N) is 2. The molecule has 0 aliphatic heterocycles. The Morgan fingerprint density at radius 3 is 2.50 bits per heavy atom. The molecule has 28 heavy (non-hydrogen) atoms. The zero-order chi connectivity index (χ0) is 20.5. The van der Waals surface area contributed by atoms with Crippen LogP contribution in [0.3, 0.4) is 0 Å². The van der Waals surface area contributed by atoms with Crippen LogP contribution in [0.1, 0.15) is 5.56 Å². The van der Waals surface area contributed by atoms with Gasteiger partial charge in [-0.15, -0.1) is 0 Å². The van der Waals surface area contributed by atoms with Gasteiger partial charge < -0.3 is 14.4 Å². The van der Waals surface area contributed by atoms with Crippen LogP contribution in [-0.2, 0) is 6.18 Å². The van der Waals surface area contributed by atoms with Crippen LogP contribution < -0.4 is 9.46 Å². The molecule has 0 saturated heterocycles. The molecule has 0 unspecified atom stereocenters. The third-order valence-electron chi connectivity index (χ3n) is 3.63. The first kappa shape index (κ1) is 19.9. The first-order valence-electron chi connectivity index (χ1n) is 7.57. The average molecular weight is 419 g/mol. The second-order valence-corrected chi connectivity index (χ2v) is 6.32. The fourth-order valence-corrected chi connectivity index (χ4v) is 3.03. The summed E-state index contributed by atoms with van der Waals surface area (Å²) in [5.74, 6) is -3.41. The standard InChI is InChI=1S/C17H11F6N3OS/c1-27-16-15(10(18)2-3-24-16)14-4-8(7-25-14)28-26-13-6-11(19)9(5-12(13)20)17(21,22)23/h2-7,25-26H,1H3. The number of H-pyrrole nitrogens is 1. The average Bonchev–Trinajstić information content (AvgIpc) is 3.09. The Morgan fingerprint density at radius 2 is 1.82 bits per heavy atom. The molecule has 148 valence electrons. The van der Waals surface area contributed by atoms with Crippen LogP contribution in [0, 0.1) is 17.5 Å². The largest absolute Gasteiger partial charge is 0.480 e. The third-order valence-corrected chi connectivity index (χ3v) is 4.42. The summed E-state index contributed by atoms with van der Waals surface area (Å²) in [6.45, 7) is 0. The number of aromatic nitrogens is 2. The lowest BCUT2D eigenvalue weighted by Gasteiger charge is -2.11. The number of aromatic amines is 1. The quantitative estimate of drug-likeness (QED) is 0.415. The maximum absolute atomic E-state index is 14.1. The van der Waals surface area contributed by atoms with Gasteiger partial charge in [0, 0.05) is 23.4 Å². The molecule has 0 amide bonds. The molecule has 11 heteroatoms. The van der Waals surface area contributed by atoms with E-state index in [1.807, 2.05) is 0 Å². The molecule has 0 radical (unpaired) electrons. The van der Waals surface area contributed by atoms with Crippen molar-refractivity contribution in [2.24, 2.45) is 0 Å². The van der Waals surface area contributed by atoms with Crippen LogP contribution in [0.2, 0.25) is 0 Å². The van der Waals surface area contributed by atoms with Crippen molar-refractivity contribution < 1.29 is 31.1 Å². The number of halogens is 6. The molecule has 2 aromatic heterocycles. The highest BCUT2D eigenvalue weighted by Gasteiger charge is 2.35. The molecule has 4 nitrogen and oxygen atoms in total. The number of rotatable bonds is 5. The van der Waals surface area contributed by atoms with E-state index in [4.69, 9.17) is 4.74 Å². The van der Waals surface area contributed by atoms with Gasteiger partial charge in [0.25, 0.3) is 0 Å². The first-order chi connectivity index (χ1) is 13.2. The van der Waals surface area contributed by atoms with Crippen molar-refractivity contribution in [3.8, 4) is 17.1 Å². The number of alkyl halides is 3. The van der Waals surface area contributed by atoms with Gasteiger partial charge in [0.2, 0.25) is 5.88 Å². The highest BCUT2D eigenvalue weighted by atomic mass is 32.2. The zero-order valence-corrected chi connectivity index (χ0v) is 14.8. The number of benzene rings is 1. The zero-order valence-electron chi connectivity index (χ0n) is 14.0. The topological polar surface area (TPSA) is 49.9 Å². The van der Waals surface area contributed by atoms with Crippen LogP contribution >= 0.6 is 11.9 Å². The fourth-order valence-electron chi connectivity index (χ4n) is 2.35. The fraction of sp³-hybridized carbons (Fsp3) is 0.118. The van der Waals surface area contributed by atoms with Crippen LogP contribution in [0.5, 0.6) is 5.88 Å². The summed E-state index contributed by atoms with van der Waals surface area (Å²) in [7, 11) is 1.33. The van der Waals surface area contributed by atoms with E-state index >= 15 is 0 Å². The van der Waals surface area contributed by atoms with E-state index in [1.165, 1.54) is 25.6 Å². The maximum atomic E-state index is 14.1. The van der Waals surface area contributed by atoms with Crippen LogP contribution in [0.25, 0.3) is 11.3 Å². The number of ether oxygens (including phenoxy) is 1. The molecule has 0 saturated carbocycles. The van der Waals surface area contributed by atoms with E-state index in [0.717, 1.165) is 18.0 Å². The van der Waals surface area contributed by atoms with E-state index in [2.05, 4.69) is 14.7 Å². The van der Waals surface area contributed by atoms with Crippen molar-refractivity contribution in [1.29, 1.82) is 0 Å². The smallest absolute Gasteiger partial charge is 0.419 e. The van der Waals surface area contributed by atoms with Gasteiger partial charge in [0.05, 0.1) is 29.6 Å². The van der Waals surface area contributed by atoms with Crippen molar-refractivity contribution in [2.75, 3.05) is 11.8 Å². The van der Waals surface area contributed by atoms with Gasteiger partial charge in [-0.25, -0.2) is 18.2 Å². The summed E-state index contributed by atoms with van der Waals surface area (Å²) < 4.78 is 86.7. The van der Waals surface area contributed by atoms with Crippen molar-refractivity contribution in [3.05, 3.63) is 59.7 Å². The van der Waals surface area contributed by atoms with E-state index < -0.39 is 34.9 Å².